The number of benzene rings is 2. The highest BCUT2D eigenvalue weighted by atomic mass is 32.2. The van der Waals surface area contributed by atoms with E-state index in [9.17, 15) is 5.11 Å². The number of ether oxygens (including phenoxy) is 1. The highest BCUT2D eigenvalue weighted by Crippen LogP contribution is 2.25. The summed E-state index contributed by atoms with van der Waals surface area (Å²) in [7, 11) is 0. The maximum absolute atomic E-state index is 10.1. The summed E-state index contributed by atoms with van der Waals surface area (Å²) < 4.78 is 5.38. The Bertz CT molecular complexity index is 482. The molecule has 3 heteroatoms. The summed E-state index contributed by atoms with van der Waals surface area (Å²) in [6, 6.07) is 17.7. The highest BCUT2D eigenvalue weighted by Gasteiger charge is 2.08. The Balaban J connectivity index is 1.90. The summed E-state index contributed by atoms with van der Waals surface area (Å²) in [6.07, 6.45) is -0.458. The van der Waals surface area contributed by atoms with Gasteiger partial charge in [-0.05, 0) is 36.8 Å². The third-order valence-corrected chi connectivity index (χ3v) is 3.81. The lowest BCUT2D eigenvalue weighted by molar-refractivity contribution is 0.204. The standard InChI is InChI=1S/C16H18O2S/c1-2-18-14-10-8-13(9-11-14)16(17)12-19-15-6-4-3-5-7-15/h3-11,16-17H,2,12H2,1H3. The zero-order valence-electron chi connectivity index (χ0n) is 11.0. The molecule has 2 rings (SSSR count). The van der Waals surface area contributed by atoms with Gasteiger partial charge in [-0.15, -0.1) is 11.8 Å². The molecule has 1 atom stereocenters. The van der Waals surface area contributed by atoms with E-state index in [0.29, 0.717) is 12.4 Å². The van der Waals surface area contributed by atoms with Crippen molar-refractivity contribution in [3.8, 4) is 5.75 Å². The summed E-state index contributed by atoms with van der Waals surface area (Å²) in [5.41, 5.74) is 0.923. The fourth-order valence-corrected chi connectivity index (χ4v) is 2.63. The molecule has 0 radical (unpaired) electrons. The largest absolute Gasteiger partial charge is 0.494 e. The first-order valence-corrected chi connectivity index (χ1v) is 7.37. The minimum atomic E-state index is -0.458. The van der Waals surface area contributed by atoms with Gasteiger partial charge in [0.1, 0.15) is 5.75 Å². The quantitative estimate of drug-likeness (QED) is 0.810. The van der Waals surface area contributed by atoms with Gasteiger partial charge in [0, 0.05) is 10.6 Å². The third kappa shape index (κ3) is 4.30. The summed E-state index contributed by atoms with van der Waals surface area (Å²) in [5, 5.41) is 10.1. The highest BCUT2D eigenvalue weighted by molar-refractivity contribution is 7.99. The van der Waals surface area contributed by atoms with Gasteiger partial charge < -0.3 is 9.84 Å². The molecule has 0 aliphatic carbocycles. The van der Waals surface area contributed by atoms with Crippen LogP contribution in [-0.2, 0) is 0 Å². The van der Waals surface area contributed by atoms with Crippen LogP contribution in [0.25, 0.3) is 0 Å². The van der Waals surface area contributed by atoms with E-state index in [1.807, 2.05) is 49.4 Å². The first kappa shape index (κ1) is 14.0. The SMILES string of the molecule is CCOc1ccc(C(O)CSc2ccccc2)cc1. The second-order valence-corrected chi connectivity index (χ2v) is 5.24. The summed E-state index contributed by atoms with van der Waals surface area (Å²) >= 11 is 1.66. The van der Waals surface area contributed by atoms with Gasteiger partial charge in [-0.3, -0.25) is 0 Å². The van der Waals surface area contributed by atoms with Gasteiger partial charge in [-0.1, -0.05) is 30.3 Å². The predicted octanol–water partition coefficient (Wildman–Crippen LogP) is 3.91. The van der Waals surface area contributed by atoms with Crippen LogP contribution in [0.2, 0.25) is 0 Å². The number of aliphatic hydroxyl groups excluding tert-OH is 1. The Labute approximate surface area is 118 Å². The zero-order valence-corrected chi connectivity index (χ0v) is 11.8. The van der Waals surface area contributed by atoms with Crippen molar-refractivity contribution in [3.63, 3.8) is 0 Å². The lowest BCUT2D eigenvalue weighted by Gasteiger charge is -2.11. The molecule has 0 aliphatic rings. The Morgan fingerprint density at radius 3 is 2.37 bits per heavy atom. The molecule has 0 aliphatic heterocycles. The van der Waals surface area contributed by atoms with Crippen LogP contribution in [0.3, 0.4) is 0 Å². The molecular formula is C16H18O2S. The number of rotatable bonds is 6. The second-order valence-electron chi connectivity index (χ2n) is 4.14. The van der Waals surface area contributed by atoms with Crippen molar-refractivity contribution in [2.24, 2.45) is 0 Å². The van der Waals surface area contributed by atoms with Crippen LogP contribution in [0.5, 0.6) is 5.75 Å². The van der Waals surface area contributed by atoms with Crippen LogP contribution in [-0.4, -0.2) is 17.5 Å². The van der Waals surface area contributed by atoms with E-state index in [2.05, 4.69) is 12.1 Å². The second kappa shape index (κ2) is 7.22. The van der Waals surface area contributed by atoms with Gasteiger partial charge in [0.15, 0.2) is 0 Å². The van der Waals surface area contributed by atoms with Crippen molar-refractivity contribution < 1.29 is 9.84 Å². The number of hydrogen-bond acceptors (Lipinski definition) is 3. The molecule has 0 heterocycles. The number of hydrogen-bond donors (Lipinski definition) is 1. The number of aliphatic hydroxyl groups is 1. The molecule has 0 fully saturated rings. The molecule has 2 aromatic rings. The van der Waals surface area contributed by atoms with Crippen LogP contribution in [0, 0.1) is 0 Å². The van der Waals surface area contributed by atoms with Crippen LogP contribution >= 0.6 is 11.8 Å². The molecule has 100 valence electrons. The van der Waals surface area contributed by atoms with E-state index in [1.54, 1.807) is 11.8 Å². The van der Waals surface area contributed by atoms with E-state index in [0.717, 1.165) is 11.3 Å². The van der Waals surface area contributed by atoms with E-state index in [4.69, 9.17) is 4.74 Å². The van der Waals surface area contributed by atoms with Gasteiger partial charge >= 0.3 is 0 Å². The Hall–Kier alpha value is -1.45. The summed E-state index contributed by atoms with van der Waals surface area (Å²) in [4.78, 5) is 1.17. The first-order valence-electron chi connectivity index (χ1n) is 6.38. The molecule has 0 saturated carbocycles. The molecule has 1 unspecified atom stereocenters. The average Bonchev–Trinajstić information content (AvgIpc) is 2.47. The van der Waals surface area contributed by atoms with Crippen molar-refractivity contribution in [3.05, 3.63) is 60.2 Å². The smallest absolute Gasteiger partial charge is 0.119 e. The van der Waals surface area contributed by atoms with Crippen molar-refractivity contribution in [2.45, 2.75) is 17.9 Å². The summed E-state index contributed by atoms with van der Waals surface area (Å²) in [5.74, 6) is 1.49. The van der Waals surface area contributed by atoms with Crippen molar-refractivity contribution in [1.82, 2.24) is 0 Å². The van der Waals surface area contributed by atoms with Crippen molar-refractivity contribution in [2.75, 3.05) is 12.4 Å². The third-order valence-electron chi connectivity index (χ3n) is 2.73. The molecule has 0 saturated heterocycles. The van der Waals surface area contributed by atoms with E-state index in [1.165, 1.54) is 4.90 Å². The Morgan fingerprint density at radius 1 is 1.05 bits per heavy atom. The fraction of sp³-hybridized carbons (Fsp3) is 0.250. The van der Waals surface area contributed by atoms with Gasteiger partial charge in [-0.2, -0.15) is 0 Å². The molecule has 19 heavy (non-hydrogen) atoms. The molecule has 0 spiro atoms. The molecule has 2 nitrogen and oxygen atoms in total. The molecule has 0 aromatic heterocycles. The molecule has 2 aromatic carbocycles. The van der Waals surface area contributed by atoms with Gasteiger partial charge in [0.05, 0.1) is 12.7 Å². The monoisotopic (exact) mass is 274 g/mol. The van der Waals surface area contributed by atoms with Crippen LogP contribution in [0.4, 0.5) is 0 Å². The van der Waals surface area contributed by atoms with Gasteiger partial charge in [0.25, 0.3) is 0 Å². The lowest BCUT2D eigenvalue weighted by Crippen LogP contribution is -2.00. The van der Waals surface area contributed by atoms with E-state index in [-0.39, 0.29) is 0 Å². The topological polar surface area (TPSA) is 29.5 Å². The number of thioether (sulfide) groups is 1. The van der Waals surface area contributed by atoms with E-state index < -0.39 is 6.10 Å². The molecule has 0 bridgehead atoms. The van der Waals surface area contributed by atoms with Crippen molar-refractivity contribution >= 4 is 11.8 Å². The maximum Gasteiger partial charge on any atom is 0.119 e. The van der Waals surface area contributed by atoms with Crippen LogP contribution in [0.15, 0.2) is 59.5 Å². The van der Waals surface area contributed by atoms with Gasteiger partial charge in [0.2, 0.25) is 0 Å². The lowest BCUT2D eigenvalue weighted by atomic mass is 10.1. The normalized spacial score (nSPS) is 12.1. The Kier molecular flexibility index (Phi) is 5.31. The van der Waals surface area contributed by atoms with Crippen LogP contribution < -0.4 is 4.74 Å². The molecule has 1 N–H and O–H groups in total. The van der Waals surface area contributed by atoms with Crippen molar-refractivity contribution in [1.29, 1.82) is 0 Å². The minimum absolute atomic E-state index is 0.458. The van der Waals surface area contributed by atoms with Crippen LogP contribution in [0.1, 0.15) is 18.6 Å². The molecular weight excluding hydrogens is 256 g/mol. The average molecular weight is 274 g/mol. The van der Waals surface area contributed by atoms with Gasteiger partial charge in [-0.25, -0.2) is 0 Å². The zero-order chi connectivity index (χ0) is 13.5. The maximum atomic E-state index is 10.1. The van der Waals surface area contributed by atoms with E-state index >= 15 is 0 Å². The predicted molar refractivity (Wildman–Crippen MR) is 79.7 cm³/mol. The minimum Gasteiger partial charge on any atom is -0.494 e. The Morgan fingerprint density at radius 2 is 1.74 bits per heavy atom. The fourth-order valence-electron chi connectivity index (χ4n) is 1.74. The molecule has 0 amide bonds. The first-order chi connectivity index (χ1) is 9.29. The summed E-state index contributed by atoms with van der Waals surface area (Å²) in [6.45, 7) is 2.62.